The van der Waals surface area contributed by atoms with Crippen molar-refractivity contribution in [2.75, 3.05) is 0 Å². The summed E-state index contributed by atoms with van der Waals surface area (Å²) in [5.41, 5.74) is -0.264. The summed E-state index contributed by atoms with van der Waals surface area (Å²) in [5.74, 6) is -0.586. The van der Waals surface area contributed by atoms with E-state index in [1.807, 2.05) is 0 Å². The van der Waals surface area contributed by atoms with Crippen LogP contribution >= 0.6 is 0 Å². The van der Waals surface area contributed by atoms with Crippen LogP contribution < -0.4 is 10.3 Å². The SMILES string of the molecule is CC(=O)CCn1nc(OC(C)=O)c2cccnc2c1=O. The summed E-state index contributed by atoms with van der Waals surface area (Å²) in [6.45, 7) is 2.79. The van der Waals surface area contributed by atoms with Crippen LogP contribution in [-0.4, -0.2) is 26.5 Å². The summed E-state index contributed by atoms with van der Waals surface area (Å²) in [6, 6.07) is 3.22. The monoisotopic (exact) mass is 275 g/mol. The van der Waals surface area contributed by atoms with Crippen LogP contribution in [0.1, 0.15) is 20.3 Å². The van der Waals surface area contributed by atoms with Gasteiger partial charge in [0.05, 0.1) is 11.9 Å². The zero-order valence-corrected chi connectivity index (χ0v) is 11.1. The number of carbonyl (C=O) groups excluding carboxylic acids is 2. The van der Waals surface area contributed by atoms with E-state index in [1.165, 1.54) is 20.0 Å². The number of ketones is 1. The van der Waals surface area contributed by atoms with Gasteiger partial charge in [-0.2, -0.15) is 0 Å². The van der Waals surface area contributed by atoms with E-state index in [0.717, 1.165) is 4.68 Å². The van der Waals surface area contributed by atoms with Gasteiger partial charge >= 0.3 is 5.97 Å². The van der Waals surface area contributed by atoms with Crippen LogP contribution in [-0.2, 0) is 16.1 Å². The van der Waals surface area contributed by atoms with Gasteiger partial charge in [0.25, 0.3) is 5.56 Å². The van der Waals surface area contributed by atoms with E-state index < -0.39 is 11.5 Å². The highest BCUT2D eigenvalue weighted by molar-refractivity contribution is 5.84. The van der Waals surface area contributed by atoms with Crippen LogP contribution in [0.25, 0.3) is 10.9 Å². The predicted molar refractivity (Wildman–Crippen MR) is 70.4 cm³/mol. The Labute approximate surface area is 114 Å². The molecule has 0 aliphatic carbocycles. The van der Waals surface area contributed by atoms with Crippen molar-refractivity contribution in [1.29, 1.82) is 0 Å². The first kappa shape index (κ1) is 13.9. The van der Waals surface area contributed by atoms with Crippen molar-refractivity contribution in [2.24, 2.45) is 0 Å². The number of hydrogen-bond acceptors (Lipinski definition) is 6. The lowest BCUT2D eigenvalue weighted by Crippen LogP contribution is -2.26. The van der Waals surface area contributed by atoms with Crippen molar-refractivity contribution in [2.45, 2.75) is 26.8 Å². The Bertz CT molecular complexity index is 736. The topological polar surface area (TPSA) is 91.2 Å². The lowest BCUT2D eigenvalue weighted by molar-refractivity contribution is -0.132. The zero-order chi connectivity index (χ0) is 14.7. The molecule has 0 aliphatic heterocycles. The molecule has 0 spiro atoms. The summed E-state index contributed by atoms with van der Waals surface area (Å²) in [5, 5.41) is 4.35. The summed E-state index contributed by atoms with van der Waals surface area (Å²) < 4.78 is 6.09. The second kappa shape index (κ2) is 5.60. The third-order valence-electron chi connectivity index (χ3n) is 2.60. The Morgan fingerprint density at radius 3 is 2.75 bits per heavy atom. The second-order valence-electron chi connectivity index (χ2n) is 4.28. The molecule has 0 saturated carbocycles. The zero-order valence-electron chi connectivity index (χ0n) is 11.1. The Morgan fingerprint density at radius 2 is 2.10 bits per heavy atom. The number of Topliss-reactive ketones (excluding diaryl/α,β-unsaturated/α-hetero) is 1. The average molecular weight is 275 g/mol. The number of aryl methyl sites for hydroxylation is 1. The molecule has 20 heavy (non-hydrogen) atoms. The molecule has 2 aromatic rings. The van der Waals surface area contributed by atoms with E-state index in [-0.39, 0.29) is 30.1 Å². The first-order valence-electron chi connectivity index (χ1n) is 6.02. The third kappa shape index (κ3) is 2.87. The van der Waals surface area contributed by atoms with Gasteiger partial charge in [0, 0.05) is 19.5 Å². The van der Waals surface area contributed by atoms with E-state index in [9.17, 15) is 14.4 Å². The van der Waals surface area contributed by atoms with E-state index >= 15 is 0 Å². The van der Waals surface area contributed by atoms with Crippen LogP contribution in [0.3, 0.4) is 0 Å². The van der Waals surface area contributed by atoms with Crippen LogP contribution in [0.5, 0.6) is 5.88 Å². The molecule has 2 aromatic heterocycles. The standard InChI is InChI=1S/C13H13N3O4/c1-8(17)5-7-16-13(19)11-10(4-3-6-14-11)12(15-16)20-9(2)18/h3-4,6H,5,7H2,1-2H3. The van der Waals surface area contributed by atoms with Gasteiger partial charge in [-0.1, -0.05) is 0 Å². The van der Waals surface area contributed by atoms with Gasteiger partial charge in [-0.25, -0.2) is 4.68 Å². The normalized spacial score (nSPS) is 10.5. The van der Waals surface area contributed by atoms with Gasteiger partial charge in [-0.15, -0.1) is 5.10 Å². The molecule has 104 valence electrons. The van der Waals surface area contributed by atoms with E-state index in [4.69, 9.17) is 4.74 Å². The maximum absolute atomic E-state index is 12.2. The summed E-state index contributed by atoms with van der Waals surface area (Å²) in [7, 11) is 0. The molecule has 7 nitrogen and oxygen atoms in total. The molecule has 0 N–H and O–H groups in total. The Hall–Kier alpha value is -2.57. The minimum Gasteiger partial charge on any atom is -0.405 e. The highest BCUT2D eigenvalue weighted by Gasteiger charge is 2.14. The fourth-order valence-corrected chi connectivity index (χ4v) is 1.71. The van der Waals surface area contributed by atoms with Gasteiger partial charge < -0.3 is 4.74 Å². The molecule has 0 radical (unpaired) electrons. The van der Waals surface area contributed by atoms with E-state index in [2.05, 4.69) is 10.1 Å². The molecule has 0 fully saturated rings. The maximum atomic E-state index is 12.2. The third-order valence-corrected chi connectivity index (χ3v) is 2.60. The van der Waals surface area contributed by atoms with Gasteiger partial charge in [0.15, 0.2) is 0 Å². The van der Waals surface area contributed by atoms with Crippen molar-refractivity contribution in [3.8, 4) is 5.88 Å². The molecule has 2 heterocycles. The van der Waals surface area contributed by atoms with Gasteiger partial charge in [0.1, 0.15) is 11.3 Å². The number of rotatable bonds is 4. The molecule has 0 aliphatic rings. The summed E-state index contributed by atoms with van der Waals surface area (Å²) >= 11 is 0. The number of aromatic nitrogens is 3. The number of pyridine rings is 1. The van der Waals surface area contributed by atoms with Gasteiger partial charge in [-0.05, 0) is 19.1 Å². The fourth-order valence-electron chi connectivity index (χ4n) is 1.71. The molecule has 2 rings (SSSR count). The minimum absolute atomic E-state index is 0.0174. The predicted octanol–water partition coefficient (Wildman–Crippen LogP) is 0.696. The van der Waals surface area contributed by atoms with Crippen LogP contribution in [0.15, 0.2) is 23.1 Å². The van der Waals surface area contributed by atoms with E-state index in [0.29, 0.717) is 5.39 Å². The molecule has 0 unspecified atom stereocenters. The molecule has 0 bridgehead atoms. The molecule has 0 atom stereocenters. The Morgan fingerprint density at radius 1 is 1.35 bits per heavy atom. The van der Waals surface area contributed by atoms with Crippen molar-refractivity contribution < 1.29 is 14.3 Å². The summed E-state index contributed by atoms with van der Waals surface area (Å²) in [4.78, 5) is 38.3. The quantitative estimate of drug-likeness (QED) is 0.763. The highest BCUT2D eigenvalue weighted by atomic mass is 16.5. The van der Waals surface area contributed by atoms with Crippen LogP contribution in [0.4, 0.5) is 0 Å². The Kier molecular flexibility index (Phi) is 3.88. The lowest BCUT2D eigenvalue weighted by Gasteiger charge is -2.08. The molecule has 0 amide bonds. The number of carbonyl (C=O) groups is 2. The van der Waals surface area contributed by atoms with Crippen molar-refractivity contribution >= 4 is 22.7 Å². The first-order valence-corrected chi connectivity index (χ1v) is 6.02. The number of fused-ring (bicyclic) bond motifs is 1. The largest absolute Gasteiger partial charge is 0.405 e. The van der Waals surface area contributed by atoms with Gasteiger partial charge in [-0.3, -0.25) is 19.4 Å². The molecule has 0 saturated heterocycles. The number of esters is 1. The second-order valence-corrected chi connectivity index (χ2v) is 4.28. The smallest absolute Gasteiger partial charge is 0.309 e. The van der Waals surface area contributed by atoms with Crippen LogP contribution in [0, 0.1) is 0 Å². The Balaban J connectivity index is 2.58. The number of ether oxygens (including phenoxy) is 1. The van der Waals surface area contributed by atoms with Crippen molar-refractivity contribution in [3.05, 3.63) is 28.7 Å². The summed E-state index contributed by atoms with van der Waals surface area (Å²) in [6.07, 6.45) is 1.64. The lowest BCUT2D eigenvalue weighted by atomic mass is 10.3. The molecular weight excluding hydrogens is 262 g/mol. The average Bonchev–Trinajstić information content (AvgIpc) is 2.40. The maximum Gasteiger partial charge on any atom is 0.309 e. The van der Waals surface area contributed by atoms with Crippen LogP contribution in [0.2, 0.25) is 0 Å². The number of nitrogens with zero attached hydrogens (tertiary/aromatic N) is 3. The minimum atomic E-state index is -0.542. The molecule has 0 aromatic carbocycles. The highest BCUT2D eigenvalue weighted by Crippen LogP contribution is 2.18. The fraction of sp³-hybridized carbons (Fsp3) is 0.308. The van der Waals surface area contributed by atoms with E-state index in [1.54, 1.807) is 12.1 Å². The van der Waals surface area contributed by atoms with Crippen molar-refractivity contribution in [1.82, 2.24) is 14.8 Å². The molecule has 7 heteroatoms. The van der Waals surface area contributed by atoms with Crippen molar-refractivity contribution in [3.63, 3.8) is 0 Å². The molecular formula is C13H13N3O4. The number of hydrogen-bond donors (Lipinski definition) is 0. The van der Waals surface area contributed by atoms with Gasteiger partial charge in [0.2, 0.25) is 5.88 Å². The first-order chi connectivity index (χ1) is 9.49.